The Morgan fingerprint density at radius 3 is 2.50 bits per heavy atom. The summed E-state index contributed by atoms with van der Waals surface area (Å²) >= 11 is 6.20. The number of fused-ring (bicyclic) bond motifs is 1. The van der Waals surface area contributed by atoms with Crippen molar-refractivity contribution in [3.05, 3.63) is 88.0 Å². The number of amides is 3. The molecule has 3 amide bonds. The van der Waals surface area contributed by atoms with Gasteiger partial charge < -0.3 is 20.1 Å². The topological polar surface area (TPSA) is 96.3 Å². The van der Waals surface area contributed by atoms with Gasteiger partial charge in [0.2, 0.25) is 5.91 Å². The minimum atomic E-state index is -1.10. The van der Waals surface area contributed by atoms with Crippen molar-refractivity contribution < 1.29 is 14.4 Å². The monoisotopic (exact) mass is 505 g/mol. The second kappa shape index (κ2) is 9.43. The Morgan fingerprint density at radius 1 is 1.08 bits per heavy atom. The van der Waals surface area contributed by atoms with Crippen LogP contribution in [0.3, 0.4) is 0 Å². The second-order valence-electron chi connectivity index (χ2n) is 9.69. The Kier molecular flexibility index (Phi) is 6.30. The lowest BCUT2D eigenvalue weighted by molar-refractivity contribution is -0.133. The quantitative estimate of drug-likeness (QED) is 0.514. The first-order valence-corrected chi connectivity index (χ1v) is 12.4. The van der Waals surface area contributed by atoms with E-state index in [-0.39, 0.29) is 42.3 Å². The van der Waals surface area contributed by atoms with E-state index in [2.05, 4.69) is 15.6 Å². The summed E-state index contributed by atoms with van der Waals surface area (Å²) in [6.45, 7) is 4.60. The lowest BCUT2D eigenvalue weighted by Crippen LogP contribution is -2.64. The van der Waals surface area contributed by atoms with Crippen LogP contribution >= 0.6 is 11.6 Å². The van der Waals surface area contributed by atoms with Gasteiger partial charge in [0.05, 0.1) is 12.9 Å². The summed E-state index contributed by atoms with van der Waals surface area (Å²) in [6, 6.07) is 15.2. The van der Waals surface area contributed by atoms with Crippen molar-refractivity contribution in [2.24, 2.45) is 0 Å². The van der Waals surface area contributed by atoms with E-state index in [0.29, 0.717) is 11.6 Å². The Morgan fingerprint density at radius 2 is 1.81 bits per heavy atom. The van der Waals surface area contributed by atoms with Crippen LogP contribution in [0.2, 0.25) is 5.02 Å². The number of aromatic nitrogens is 2. The minimum Gasteiger partial charge on any atom is -0.350 e. The average molecular weight is 506 g/mol. The molecule has 9 heteroatoms. The van der Waals surface area contributed by atoms with Crippen molar-refractivity contribution >= 4 is 29.3 Å². The van der Waals surface area contributed by atoms with E-state index in [1.165, 1.54) is 6.33 Å². The number of nitrogens with one attached hydrogen (secondary N) is 2. The molecule has 1 aromatic heterocycles. The van der Waals surface area contributed by atoms with Gasteiger partial charge in [0.25, 0.3) is 11.8 Å². The number of carbonyl (C=O) groups excluding carboxylic acids is 3. The number of hydrogen-bond acceptors (Lipinski definition) is 4. The predicted molar refractivity (Wildman–Crippen MR) is 135 cm³/mol. The van der Waals surface area contributed by atoms with Gasteiger partial charge in [-0.3, -0.25) is 14.4 Å². The molecule has 186 valence electrons. The highest BCUT2D eigenvalue weighted by Crippen LogP contribution is 2.38. The van der Waals surface area contributed by atoms with Crippen LogP contribution in [-0.2, 0) is 24.4 Å². The number of carbonyl (C=O) groups is 3. The number of benzene rings is 2. The molecule has 2 aliphatic rings. The third-order valence-electron chi connectivity index (χ3n) is 6.86. The van der Waals surface area contributed by atoms with Gasteiger partial charge in [-0.1, -0.05) is 59.6 Å². The molecule has 2 aromatic carbocycles. The summed E-state index contributed by atoms with van der Waals surface area (Å²) in [7, 11) is 0. The van der Waals surface area contributed by atoms with Crippen LogP contribution in [0.4, 0.5) is 0 Å². The van der Waals surface area contributed by atoms with Gasteiger partial charge in [-0.25, -0.2) is 4.98 Å². The maximum atomic E-state index is 13.7. The smallest absolute Gasteiger partial charge is 0.274 e. The number of aryl methyl sites for hydroxylation is 1. The molecule has 0 bridgehead atoms. The molecule has 36 heavy (non-hydrogen) atoms. The summed E-state index contributed by atoms with van der Waals surface area (Å²) < 4.78 is 1.62. The van der Waals surface area contributed by atoms with Crippen LogP contribution in [-0.4, -0.2) is 43.8 Å². The van der Waals surface area contributed by atoms with Gasteiger partial charge in [0, 0.05) is 24.2 Å². The molecule has 5 rings (SSSR count). The van der Waals surface area contributed by atoms with Crippen LogP contribution < -0.4 is 10.6 Å². The van der Waals surface area contributed by atoms with Crippen molar-refractivity contribution in [1.82, 2.24) is 25.1 Å². The summed E-state index contributed by atoms with van der Waals surface area (Å²) in [5.74, 6) is -1.04. The number of hydrogen-bond donors (Lipinski definition) is 2. The zero-order valence-electron chi connectivity index (χ0n) is 20.3. The van der Waals surface area contributed by atoms with Gasteiger partial charge >= 0.3 is 0 Å². The molecular weight excluding hydrogens is 478 g/mol. The first-order valence-electron chi connectivity index (χ1n) is 12.0. The highest BCUT2D eigenvalue weighted by Gasteiger charge is 2.53. The molecule has 1 atom stereocenters. The number of nitrogens with zero attached hydrogens (tertiary/aromatic N) is 3. The molecule has 1 aliphatic carbocycles. The molecule has 1 unspecified atom stereocenters. The molecule has 1 fully saturated rings. The van der Waals surface area contributed by atoms with Crippen LogP contribution in [0, 0.1) is 6.92 Å². The van der Waals surface area contributed by atoms with Gasteiger partial charge in [-0.2, -0.15) is 0 Å². The molecule has 2 N–H and O–H groups in total. The lowest BCUT2D eigenvalue weighted by Gasteiger charge is -2.44. The molecule has 2 heterocycles. The van der Waals surface area contributed by atoms with Crippen LogP contribution in [0.5, 0.6) is 0 Å². The van der Waals surface area contributed by atoms with Crippen molar-refractivity contribution in [3.8, 4) is 0 Å². The summed E-state index contributed by atoms with van der Waals surface area (Å²) in [4.78, 5) is 46.1. The van der Waals surface area contributed by atoms with E-state index in [1.54, 1.807) is 22.5 Å². The lowest BCUT2D eigenvalue weighted by atomic mass is 9.93. The van der Waals surface area contributed by atoms with Crippen molar-refractivity contribution in [1.29, 1.82) is 0 Å². The highest BCUT2D eigenvalue weighted by molar-refractivity contribution is 6.31. The SMILES string of the molecule is Cc1ccc(CNC(=O)C2(C)Cn3cnc(C(=O)NCc4ccccc4Cl)c3C(=O)N2C2CC2)cc1. The number of halogens is 1. The fourth-order valence-electron chi connectivity index (χ4n) is 4.70. The number of imidazole rings is 1. The van der Waals surface area contributed by atoms with Crippen molar-refractivity contribution in [2.75, 3.05) is 0 Å². The van der Waals surface area contributed by atoms with Crippen LogP contribution in [0.25, 0.3) is 0 Å². The maximum absolute atomic E-state index is 13.7. The molecule has 8 nitrogen and oxygen atoms in total. The average Bonchev–Trinajstić information content (AvgIpc) is 3.60. The maximum Gasteiger partial charge on any atom is 0.274 e. The fourth-order valence-corrected chi connectivity index (χ4v) is 4.90. The Bertz CT molecular complexity index is 1330. The van der Waals surface area contributed by atoms with E-state index in [4.69, 9.17) is 11.6 Å². The molecule has 1 aliphatic heterocycles. The van der Waals surface area contributed by atoms with Gasteiger partial charge in [-0.05, 0) is 43.9 Å². The summed E-state index contributed by atoms with van der Waals surface area (Å²) in [5, 5.41) is 6.37. The Balaban J connectivity index is 1.36. The Labute approximate surface area is 214 Å². The molecule has 0 saturated heterocycles. The highest BCUT2D eigenvalue weighted by atomic mass is 35.5. The van der Waals surface area contributed by atoms with Crippen molar-refractivity contribution in [3.63, 3.8) is 0 Å². The standard InChI is InChI=1S/C27H28ClN5O3/c1-17-7-9-18(10-8-17)13-30-26(36)27(2)15-32-16-31-22(23(32)25(35)33(27)20-11-12-20)24(34)29-14-19-5-3-4-6-21(19)28/h3-10,16,20H,11-15H2,1-2H3,(H,29,34)(H,30,36). The van der Waals surface area contributed by atoms with Gasteiger partial charge in [-0.15, -0.1) is 0 Å². The fraction of sp³-hybridized carbons (Fsp3) is 0.333. The third-order valence-corrected chi connectivity index (χ3v) is 7.22. The summed E-state index contributed by atoms with van der Waals surface area (Å²) in [5.41, 5.74) is 2.07. The molecule has 0 radical (unpaired) electrons. The molecule has 0 spiro atoms. The second-order valence-corrected chi connectivity index (χ2v) is 10.1. The molecular formula is C27H28ClN5O3. The Hall–Kier alpha value is -3.65. The van der Waals surface area contributed by atoms with E-state index in [1.807, 2.05) is 49.4 Å². The van der Waals surface area contributed by atoms with E-state index in [0.717, 1.165) is 29.5 Å². The third kappa shape index (κ3) is 4.48. The minimum absolute atomic E-state index is 0.0321. The zero-order chi connectivity index (χ0) is 25.4. The van der Waals surface area contributed by atoms with E-state index >= 15 is 0 Å². The molecule has 1 saturated carbocycles. The summed E-state index contributed by atoms with van der Waals surface area (Å²) in [6.07, 6.45) is 3.12. The largest absolute Gasteiger partial charge is 0.350 e. The first kappa shape index (κ1) is 24.1. The first-order chi connectivity index (χ1) is 17.3. The van der Waals surface area contributed by atoms with Crippen LogP contribution in [0.15, 0.2) is 54.9 Å². The zero-order valence-corrected chi connectivity index (χ0v) is 21.0. The van der Waals surface area contributed by atoms with Gasteiger partial charge in [0.1, 0.15) is 11.2 Å². The normalized spacial score (nSPS) is 19.1. The van der Waals surface area contributed by atoms with E-state index in [9.17, 15) is 14.4 Å². The van der Waals surface area contributed by atoms with Gasteiger partial charge in [0.15, 0.2) is 5.69 Å². The van der Waals surface area contributed by atoms with E-state index < -0.39 is 11.4 Å². The predicted octanol–water partition coefficient (Wildman–Crippen LogP) is 3.47. The molecule has 3 aromatic rings. The van der Waals surface area contributed by atoms with Crippen molar-refractivity contribution in [2.45, 2.75) is 57.9 Å². The van der Waals surface area contributed by atoms with Crippen LogP contribution in [0.1, 0.15) is 57.4 Å². The number of rotatable bonds is 7.